The molecular formula is C17H17NO5S. The Hall–Kier alpha value is -2.80. The number of carboxylic acids is 1. The van der Waals surface area contributed by atoms with Crippen LogP contribution in [0.1, 0.15) is 0 Å². The summed E-state index contributed by atoms with van der Waals surface area (Å²) < 4.78 is 31.7. The van der Waals surface area contributed by atoms with Crippen molar-refractivity contribution in [3.8, 4) is 5.75 Å². The predicted octanol–water partition coefficient (Wildman–Crippen LogP) is 2.53. The third kappa shape index (κ3) is 4.14. The summed E-state index contributed by atoms with van der Waals surface area (Å²) >= 11 is 0. The molecule has 0 bridgehead atoms. The van der Waals surface area contributed by atoms with Crippen LogP contribution in [0.2, 0.25) is 0 Å². The van der Waals surface area contributed by atoms with Crippen molar-refractivity contribution in [3.05, 3.63) is 67.3 Å². The number of hydrogen-bond donors (Lipinski definition) is 1. The van der Waals surface area contributed by atoms with Crippen LogP contribution in [-0.4, -0.2) is 32.6 Å². The van der Waals surface area contributed by atoms with Crippen LogP contribution >= 0.6 is 0 Å². The van der Waals surface area contributed by atoms with Crippen molar-refractivity contribution in [1.82, 2.24) is 0 Å². The Balaban J connectivity index is 2.38. The van der Waals surface area contributed by atoms with Gasteiger partial charge in [0.25, 0.3) is 10.0 Å². The molecule has 6 nitrogen and oxygen atoms in total. The van der Waals surface area contributed by atoms with Gasteiger partial charge in [-0.05, 0) is 36.4 Å². The summed E-state index contributed by atoms with van der Waals surface area (Å²) in [5.74, 6) is -0.715. The van der Waals surface area contributed by atoms with E-state index in [1.165, 1.54) is 24.3 Å². The first-order chi connectivity index (χ1) is 11.4. The van der Waals surface area contributed by atoms with Gasteiger partial charge in [-0.15, -0.1) is 0 Å². The molecule has 0 unspecified atom stereocenters. The van der Waals surface area contributed by atoms with Crippen molar-refractivity contribution in [1.29, 1.82) is 0 Å². The summed E-state index contributed by atoms with van der Waals surface area (Å²) in [6.07, 6.45) is 1.59. The topological polar surface area (TPSA) is 83.9 Å². The smallest absolute Gasteiger partial charge is 0.324 e. The Morgan fingerprint density at radius 2 is 1.75 bits per heavy atom. The van der Waals surface area contributed by atoms with Gasteiger partial charge in [0.15, 0.2) is 0 Å². The Morgan fingerprint density at radius 1 is 1.12 bits per heavy atom. The maximum atomic E-state index is 12.7. The maximum Gasteiger partial charge on any atom is 0.324 e. The Bertz CT molecular complexity index is 801. The molecule has 2 aromatic carbocycles. The van der Waals surface area contributed by atoms with Crippen LogP contribution in [0.15, 0.2) is 72.1 Å². The molecule has 0 heterocycles. The average molecular weight is 347 g/mol. The molecule has 0 aliphatic carbocycles. The number of rotatable bonds is 8. The SMILES string of the molecule is C=CCOc1ccc(N(CC(=O)O)S(=O)(=O)c2ccccc2)cc1. The number of carboxylic acid groups (broad SMARTS) is 1. The van der Waals surface area contributed by atoms with Crippen molar-refractivity contribution in [3.63, 3.8) is 0 Å². The van der Waals surface area contributed by atoms with Crippen LogP contribution < -0.4 is 9.04 Å². The first-order valence-electron chi connectivity index (χ1n) is 7.08. The van der Waals surface area contributed by atoms with E-state index in [2.05, 4.69) is 6.58 Å². The fourth-order valence-corrected chi connectivity index (χ4v) is 3.46. The Morgan fingerprint density at radius 3 is 2.29 bits per heavy atom. The number of sulfonamides is 1. The molecular weight excluding hydrogens is 330 g/mol. The van der Waals surface area contributed by atoms with E-state index in [1.54, 1.807) is 36.4 Å². The lowest BCUT2D eigenvalue weighted by molar-refractivity contribution is -0.135. The minimum atomic E-state index is -3.98. The Kier molecular flexibility index (Phi) is 5.59. The zero-order chi connectivity index (χ0) is 17.6. The van der Waals surface area contributed by atoms with Gasteiger partial charge in [0.05, 0.1) is 10.6 Å². The van der Waals surface area contributed by atoms with Crippen molar-refractivity contribution < 1.29 is 23.1 Å². The standard InChI is InChI=1S/C17H17NO5S/c1-2-12-23-15-10-8-14(9-11-15)18(13-17(19)20)24(21,22)16-6-4-3-5-7-16/h2-11H,1,12-13H2,(H,19,20). The minimum Gasteiger partial charge on any atom is -0.490 e. The summed E-state index contributed by atoms with van der Waals surface area (Å²) in [5.41, 5.74) is 0.243. The highest BCUT2D eigenvalue weighted by Crippen LogP contribution is 2.25. The molecule has 1 N–H and O–H groups in total. The van der Waals surface area contributed by atoms with Gasteiger partial charge in [-0.25, -0.2) is 8.42 Å². The summed E-state index contributed by atoms with van der Waals surface area (Å²) in [4.78, 5) is 11.2. The van der Waals surface area contributed by atoms with Crippen molar-refractivity contribution in [2.75, 3.05) is 17.5 Å². The molecule has 0 atom stereocenters. The van der Waals surface area contributed by atoms with Crippen LogP contribution in [-0.2, 0) is 14.8 Å². The number of carbonyl (C=O) groups is 1. The highest BCUT2D eigenvalue weighted by molar-refractivity contribution is 7.92. The second-order valence-corrected chi connectivity index (χ2v) is 6.67. The monoisotopic (exact) mass is 347 g/mol. The highest BCUT2D eigenvalue weighted by Gasteiger charge is 2.26. The lowest BCUT2D eigenvalue weighted by Gasteiger charge is -2.23. The quantitative estimate of drug-likeness (QED) is 0.742. The molecule has 0 spiro atoms. The first kappa shape index (κ1) is 17.6. The molecule has 126 valence electrons. The predicted molar refractivity (Wildman–Crippen MR) is 90.7 cm³/mol. The molecule has 24 heavy (non-hydrogen) atoms. The lowest BCUT2D eigenvalue weighted by Crippen LogP contribution is -2.35. The van der Waals surface area contributed by atoms with Gasteiger partial charge < -0.3 is 9.84 Å². The molecule has 0 radical (unpaired) electrons. The Labute approximate surface area is 140 Å². The summed E-state index contributed by atoms with van der Waals surface area (Å²) in [6.45, 7) is 3.19. The molecule has 0 saturated heterocycles. The van der Waals surface area contributed by atoms with E-state index in [-0.39, 0.29) is 10.6 Å². The largest absolute Gasteiger partial charge is 0.490 e. The van der Waals surface area contributed by atoms with Crippen LogP contribution in [0.5, 0.6) is 5.75 Å². The molecule has 0 saturated carbocycles. The fraction of sp³-hybridized carbons (Fsp3) is 0.118. The fourth-order valence-electron chi connectivity index (χ4n) is 2.02. The zero-order valence-electron chi connectivity index (χ0n) is 12.8. The van der Waals surface area contributed by atoms with E-state index in [1.807, 2.05) is 0 Å². The van der Waals surface area contributed by atoms with E-state index in [0.717, 1.165) is 4.31 Å². The number of anilines is 1. The number of nitrogens with zero attached hydrogens (tertiary/aromatic N) is 1. The number of ether oxygens (including phenoxy) is 1. The van der Waals surface area contributed by atoms with E-state index >= 15 is 0 Å². The first-order valence-corrected chi connectivity index (χ1v) is 8.52. The van der Waals surface area contributed by atoms with Gasteiger partial charge >= 0.3 is 5.97 Å². The lowest BCUT2D eigenvalue weighted by atomic mass is 10.3. The van der Waals surface area contributed by atoms with Crippen LogP contribution in [0.25, 0.3) is 0 Å². The number of benzene rings is 2. The second-order valence-electron chi connectivity index (χ2n) is 4.81. The van der Waals surface area contributed by atoms with Crippen LogP contribution in [0, 0.1) is 0 Å². The molecule has 0 aliphatic heterocycles. The van der Waals surface area contributed by atoms with Crippen molar-refractivity contribution in [2.24, 2.45) is 0 Å². The number of aliphatic carboxylic acids is 1. The second kappa shape index (κ2) is 7.65. The number of hydrogen-bond acceptors (Lipinski definition) is 4. The van der Waals surface area contributed by atoms with E-state index < -0.39 is 22.5 Å². The average Bonchev–Trinajstić information content (AvgIpc) is 2.59. The van der Waals surface area contributed by atoms with Gasteiger partial charge in [0, 0.05) is 0 Å². The van der Waals surface area contributed by atoms with Crippen LogP contribution in [0.4, 0.5) is 5.69 Å². The molecule has 2 rings (SSSR count). The maximum absolute atomic E-state index is 12.7. The molecule has 2 aromatic rings. The third-order valence-corrected chi connectivity index (χ3v) is 4.89. The van der Waals surface area contributed by atoms with Gasteiger partial charge in [0.1, 0.15) is 18.9 Å². The van der Waals surface area contributed by atoms with Gasteiger partial charge in [-0.1, -0.05) is 30.9 Å². The molecule has 0 fully saturated rings. The molecule has 7 heteroatoms. The van der Waals surface area contributed by atoms with E-state index in [0.29, 0.717) is 12.4 Å². The minimum absolute atomic E-state index is 0.0261. The van der Waals surface area contributed by atoms with Gasteiger partial charge in [-0.2, -0.15) is 0 Å². The van der Waals surface area contributed by atoms with E-state index in [9.17, 15) is 13.2 Å². The summed E-state index contributed by atoms with van der Waals surface area (Å²) in [6, 6.07) is 13.9. The molecule has 0 amide bonds. The van der Waals surface area contributed by atoms with Crippen molar-refractivity contribution in [2.45, 2.75) is 4.90 Å². The zero-order valence-corrected chi connectivity index (χ0v) is 13.6. The molecule has 0 aromatic heterocycles. The van der Waals surface area contributed by atoms with Gasteiger partial charge in [0.2, 0.25) is 0 Å². The van der Waals surface area contributed by atoms with Crippen LogP contribution in [0.3, 0.4) is 0 Å². The third-order valence-electron chi connectivity index (χ3n) is 3.10. The van der Waals surface area contributed by atoms with Crippen molar-refractivity contribution >= 4 is 21.7 Å². The normalized spacial score (nSPS) is 10.8. The molecule has 0 aliphatic rings. The highest BCUT2D eigenvalue weighted by atomic mass is 32.2. The summed E-state index contributed by atoms with van der Waals surface area (Å²) in [5, 5.41) is 9.08. The van der Waals surface area contributed by atoms with E-state index in [4.69, 9.17) is 9.84 Å². The van der Waals surface area contributed by atoms with Gasteiger partial charge in [-0.3, -0.25) is 9.10 Å². The summed E-state index contributed by atoms with van der Waals surface area (Å²) in [7, 11) is -3.98.